The second kappa shape index (κ2) is 5.31. The van der Waals surface area contributed by atoms with E-state index < -0.39 is 0 Å². The van der Waals surface area contributed by atoms with Crippen molar-refractivity contribution >= 4 is 5.91 Å². The highest BCUT2D eigenvalue weighted by Gasteiger charge is 2.25. The Kier molecular flexibility index (Phi) is 3.78. The Morgan fingerprint density at radius 3 is 3.00 bits per heavy atom. The third-order valence-corrected chi connectivity index (χ3v) is 3.02. The summed E-state index contributed by atoms with van der Waals surface area (Å²) in [6.45, 7) is 3.91. The molecule has 1 saturated carbocycles. The summed E-state index contributed by atoms with van der Waals surface area (Å²) in [4.78, 5) is 13.9. The van der Waals surface area contributed by atoms with Crippen LogP contribution in [0.4, 0.5) is 0 Å². The maximum absolute atomic E-state index is 11.6. The third-order valence-electron chi connectivity index (χ3n) is 3.02. The molecule has 0 unspecified atom stereocenters. The smallest absolute Gasteiger partial charge is 0.241 e. The van der Waals surface area contributed by atoms with Gasteiger partial charge in [-0.15, -0.1) is 0 Å². The van der Waals surface area contributed by atoms with Gasteiger partial charge in [-0.3, -0.25) is 9.48 Å². The first-order valence-electron chi connectivity index (χ1n) is 6.11. The fourth-order valence-electron chi connectivity index (χ4n) is 1.83. The highest BCUT2D eigenvalue weighted by atomic mass is 16.2. The van der Waals surface area contributed by atoms with Crippen molar-refractivity contribution in [3.63, 3.8) is 0 Å². The largest absolute Gasteiger partial charge is 0.353 e. The van der Waals surface area contributed by atoms with Gasteiger partial charge in [-0.25, -0.2) is 0 Å². The summed E-state index contributed by atoms with van der Waals surface area (Å²) in [5.41, 5.74) is 1.08. The normalized spacial score (nSPS) is 15.2. The molecular weight excluding hydrogens is 216 g/mol. The number of aromatic nitrogens is 2. The average molecular weight is 236 g/mol. The number of amides is 1. The molecule has 1 aromatic rings. The Labute approximate surface area is 102 Å². The molecule has 1 N–H and O–H groups in total. The number of aryl methyl sites for hydroxylation is 1. The fourth-order valence-corrected chi connectivity index (χ4v) is 1.83. The van der Waals surface area contributed by atoms with Crippen LogP contribution in [0.5, 0.6) is 0 Å². The van der Waals surface area contributed by atoms with Gasteiger partial charge in [0, 0.05) is 25.3 Å². The second-order valence-electron chi connectivity index (χ2n) is 4.78. The van der Waals surface area contributed by atoms with Crippen molar-refractivity contribution in [3.05, 3.63) is 18.0 Å². The van der Waals surface area contributed by atoms with E-state index in [1.54, 1.807) is 10.9 Å². The van der Waals surface area contributed by atoms with Crippen LogP contribution in [-0.2, 0) is 11.3 Å². The minimum Gasteiger partial charge on any atom is -0.353 e. The van der Waals surface area contributed by atoms with Crippen LogP contribution < -0.4 is 5.32 Å². The first-order valence-corrected chi connectivity index (χ1v) is 6.11. The van der Waals surface area contributed by atoms with Crippen molar-refractivity contribution in [2.75, 3.05) is 20.1 Å². The Bertz CT molecular complexity index is 384. The lowest BCUT2D eigenvalue weighted by molar-refractivity contribution is -0.121. The van der Waals surface area contributed by atoms with Crippen LogP contribution in [0.1, 0.15) is 18.4 Å². The van der Waals surface area contributed by atoms with Crippen LogP contribution in [0, 0.1) is 6.92 Å². The topological polar surface area (TPSA) is 50.2 Å². The highest BCUT2D eigenvalue weighted by Crippen LogP contribution is 2.24. The van der Waals surface area contributed by atoms with E-state index in [4.69, 9.17) is 0 Å². The van der Waals surface area contributed by atoms with E-state index in [0.29, 0.717) is 13.1 Å². The molecule has 1 aliphatic rings. The minimum absolute atomic E-state index is 0.0253. The molecule has 0 bridgehead atoms. The molecule has 0 aliphatic heterocycles. The molecule has 1 heterocycles. The number of hydrogen-bond acceptors (Lipinski definition) is 3. The predicted molar refractivity (Wildman–Crippen MR) is 65.6 cm³/mol. The highest BCUT2D eigenvalue weighted by molar-refractivity contribution is 5.75. The number of carbonyl (C=O) groups excluding carboxylic acids is 1. The lowest BCUT2D eigenvalue weighted by Crippen LogP contribution is -2.35. The Morgan fingerprint density at radius 2 is 2.41 bits per heavy atom. The molecule has 17 heavy (non-hydrogen) atoms. The summed E-state index contributed by atoms with van der Waals surface area (Å²) in [7, 11) is 2.11. The van der Waals surface area contributed by atoms with Gasteiger partial charge in [0.2, 0.25) is 5.91 Å². The molecule has 0 aromatic carbocycles. The van der Waals surface area contributed by atoms with Gasteiger partial charge >= 0.3 is 0 Å². The van der Waals surface area contributed by atoms with Crippen molar-refractivity contribution < 1.29 is 4.79 Å². The van der Waals surface area contributed by atoms with Crippen LogP contribution in [0.15, 0.2) is 12.4 Å². The molecule has 94 valence electrons. The van der Waals surface area contributed by atoms with Gasteiger partial charge in [0.05, 0.1) is 6.20 Å². The number of rotatable bonds is 6. The summed E-state index contributed by atoms with van der Waals surface area (Å²) < 4.78 is 1.66. The summed E-state index contributed by atoms with van der Waals surface area (Å²) in [5, 5.41) is 7.00. The zero-order chi connectivity index (χ0) is 12.3. The van der Waals surface area contributed by atoms with Crippen LogP contribution in [0.25, 0.3) is 0 Å². The van der Waals surface area contributed by atoms with Crippen LogP contribution in [0.2, 0.25) is 0 Å². The summed E-state index contributed by atoms with van der Waals surface area (Å²) in [6.07, 6.45) is 6.23. The maximum atomic E-state index is 11.6. The van der Waals surface area contributed by atoms with Crippen molar-refractivity contribution in [2.24, 2.45) is 0 Å². The number of likely N-dealkylation sites (N-methyl/N-ethyl adjacent to an activating group) is 1. The van der Waals surface area contributed by atoms with Gasteiger partial charge in [-0.1, -0.05) is 0 Å². The molecule has 5 nitrogen and oxygen atoms in total. The molecule has 0 spiro atoms. The summed E-state index contributed by atoms with van der Waals surface area (Å²) in [6, 6.07) is 0.751. The van der Waals surface area contributed by atoms with Crippen LogP contribution >= 0.6 is 0 Å². The maximum Gasteiger partial charge on any atom is 0.241 e. The van der Waals surface area contributed by atoms with E-state index in [0.717, 1.165) is 18.2 Å². The number of carbonyl (C=O) groups is 1. The van der Waals surface area contributed by atoms with Crippen LogP contribution in [-0.4, -0.2) is 46.8 Å². The lowest BCUT2D eigenvalue weighted by atomic mass is 10.4. The van der Waals surface area contributed by atoms with Crippen molar-refractivity contribution in [3.8, 4) is 0 Å². The van der Waals surface area contributed by atoms with Crippen molar-refractivity contribution in [2.45, 2.75) is 32.4 Å². The molecule has 0 saturated heterocycles. The van der Waals surface area contributed by atoms with Crippen LogP contribution in [0.3, 0.4) is 0 Å². The van der Waals surface area contributed by atoms with Crippen molar-refractivity contribution in [1.82, 2.24) is 20.0 Å². The quantitative estimate of drug-likeness (QED) is 0.778. The van der Waals surface area contributed by atoms with Gasteiger partial charge < -0.3 is 10.2 Å². The average Bonchev–Trinajstić information content (AvgIpc) is 3.04. The molecule has 5 heteroatoms. The first kappa shape index (κ1) is 12.1. The fraction of sp³-hybridized carbons (Fsp3) is 0.667. The summed E-state index contributed by atoms with van der Waals surface area (Å²) >= 11 is 0. The number of nitrogens with one attached hydrogen (secondary N) is 1. The van der Waals surface area contributed by atoms with Gasteiger partial charge in [0.1, 0.15) is 6.54 Å². The molecule has 1 aliphatic carbocycles. The lowest BCUT2D eigenvalue weighted by Gasteiger charge is -2.15. The second-order valence-corrected chi connectivity index (χ2v) is 4.78. The SMILES string of the molecule is Cc1cnn(CC(=O)NCCN(C)C2CC2)c1. The van der Waals surface area contributed by atoms with Gasteiger partial charge in [0.25, 0.3) is 0 Å². The van der Waals surface area contributed by atoms with Gasteiger partial charge in [-0.2, -0.15) is 5.10 Å². The molecular formula is C12H20N4O. The van der Waals surface area contributed by atoms with E-state index in [1.807, 2.05) is 13.1 Å². The van der Waals surface area contributed by atoms with Crippen molar-refractivity contribution in [1.29, 1.82) is 0 Å². The molecule has 0 atom stereocenters. The first-order chi connectivity index (χ1) is 8.15. The Morgan fingerprint density at radius 1 is 1.65 bits per heavy atom. The van der Waals surface area contributed by atoms with Gasteiger partial charge in [-0.05, 0) is 32.4 Å². The predicted octanol–water partition coefficient (Wildman–Crippen LogP) is 0.402. The van der Waals surface area contributed by atoms with Gasteiger partial charge in [0.15, 0.2) is 0 Å². The zero-order valence-electron chi connectivity index (χ0n) is 10.5. The minimum atomic E-state index is 0.0253. The zero-order valence-corrected chi connectivity index (χ0v) is 10.5. The monoisotopic (exact) mass is 236 g/mol. The van der Waals surface area contributed by atoms with E-state index in [2.05, 4.69) is 22.4 Å². The molecule has 2 rings (SSSR count). The molecule has 0 radical (unpaired) electrons. The standard InChI is InChI=1S/C12H20N4O/c1-10-7-14-16(8-10)9-12(17)13-5-6-15(2)11-3-4-11/h7-8,11H,3-6,9H2,1-2H3,(H,13,17). The van der Waals surface area contributed by atoms with E-state index in [1.165, 1.54) is 12.8 Å². The third kappa shape index (κ3) is 3.85. The summed E-state index contributed by atoms with van der Waals surface area (Å²) in [5.74, 6) is 0.0253. The number of hydrogen-bond donors (Lipinski definition) is 1. The van der Waals surface area contributed by atoms with E-state index >= 15 is 0 Å². The Balaban J connectivity index is 1.63. The molecule has 1 aromatic heterocycles. The van der Waals surface area contributed by atoms with E-state index in [-0.39, 0.29) is 5.91 Å². The number of nitrogens with zero attached hydrogens (tertiary/aromatic N) is 3. The molecule has 1 amide bonds. The van der Waals surface area contributed by atoms with E-state index in [9.17, 15) is 4.79 Å². The molecule has 1 fully saturated rings. The Hall–Kier alpha value is -1.36.